The molecule has 0 spiro atoms. The Labute approximate surface area is 165 Å². The summed E-state index contributed by atoms with van der Waals surface area (Å²) in [7, 11) is 0. The van der Waals surface area contributed by atoms with Crippen molar-refractivity contribution in [3.05, 3.63) is 83.7 Å². The van der Waals surface area contributed by atoms with Gasteiger partial charge in [-0.2, -0.15) is 0 Å². The van der Waals surface area contributed by atoms with Crippen LogP contribution in [0.2, 0.25) is 0 Å². The Hall–Kier alpha value is -3.55. The summed E-state index contributed by atoms with van der Waals surface area (Å²) in [5.41, 5.74) is 2.17. The Morgan fingerprint density at radius 2 is 1.52 bits per heavy atom. The van der Waals surface area contributed by atoms with Gasteiger partial charge in [0.1, 0.15) is 17.2 Å². The largest absolute Gasteiger partial charge is 0.573 e. The molecule has 0 radical (unpaired) electrons. The molecule has 150 valence electrons. The van der Waals surface area contributed by atoms with Gasteiger partial charge < -0.3 is 14.8 Å². The summed E-state index contributed by atoms with van der Waals surface area (Å²) in [6.45, 7) is 2.17. The van der Waals surface area contributed by atoms with E-state index in [2.05, 4.69) is 15.0 Å². The van der Waals surface area contributed by atoms with Crippen molar-refractivity contribution in [3.8, 4) is 17.2 Å². The predicted octanol–water partition coefficient (Wildman–Crippen LogP) is 5.01. The standard InChI is InChI=1S/C21H17F3N2O3/c1-14-2-5-16(13-25-14)20(27)26-12-15-3-6-17(7-4-15)28-18-8-10-19(11-9-18)29-21(22,23)24/h2-11,13H,12H2,1H3,(H,26,27). The number of alkyl halides is 3. The molecule has 8 heteroatoms. The molecule has 0 saturated carbocycles. The second-order valence-corrected chi connectivity index (χ2v) is 6.14. The fraction of sp³-hybridized carbons (Fsp3) is 0.143. The molecule has 5 nitrogen and oxygen atoms in total. The lowest BCUT2D eigenvalue weighted by atomic mass is 10.2. The van der Waals surface area contributed by atoms with Crippen molar-refractivity contribution in [2.75, 3.05) is 0 Å². The number of ether oxygens (including phenoxy) is 2. The van der Waals surface area contributed by atoms with E-state index in [0.717, 1.165) is 11.3 Å². The summed E-state index contributed by atoms with van der Waals surface area (Å²) in [6, 6.07) is 15.6. The van der Waals surface area contributed by atoms with Crippen molar-refractivity contribution in [2.24, 2.45) is 0 Å². The number of carbonyl (C=O) groups is 1. The minimum Gasteiger partial charge on any atom is -0.457 e. The van der Waals surface area contributed by atoms with Crippen LogP contribution < -0.4 is 14.8 Å². The maximum absolute atomic E-state index is 12.2. The highest BCUT2D eigenvalue weighted by Gasteiger charge is 2.30. The minimum absolute atomic E-state index is 0.223. The van der Waals surface area contributed by atoms with Gasteiger partial charge in [0.05, 0.1) is 5.56 Å². The number of halogens is 3. The molecule has 1 heterocycles. The molecule has 0 unspecified atom stereocenters. The maximum Gasteiger partial charge on any atom is 0.573 e. The Morgan fingerprint density at radius 1 is 0.931 bits per heavy atom. The second kappa shape index (κ2) is 8.64. The molecular formula is C21H17F3N2O3. The van der Waals surface area contributed by atoms with Crippen LogP contribution in [0.25, 0.3) is 0 Å². The van der Waals surface area contributed by atoms with Crippen LogP contribution in [0.3, 0.4) is 0 Å². The molecule has 0 aliphatic rings. The molecule has 2 aromatic carbocycles. The van der Waals surface area contributed by atoms with E-state index in [-0.39, 0.29) is 11.7 Å². The van der Waals surface area contributed by atoms with Gasteiger partial charge in [-0.25, -0.2) is 0 Å². The number of aromatic nitrogens is 1. The van der Waals surface area contributed by atoms with Crippen LogP contribution in [0.5, 0.6) is 17.2 Å². The molecule has 0 bridgehead atoms. The average molecular weight is 402 g/mol. The SMILES string of the molecule is Cc1ccc(C(=O)NCc2ccc(Oc3ccc(OC(F)(F)F)cc3)cc2)cn1. The average Bonchev–Trinajstić information content (AvgIpc) is 2.68. The highest BCUT2D eigenvalue weighted by molar-refractivity contribution is 5.93. The van der Waals surface area contributed by atoms with Gasteiger partial charge in [-0.15, -0.1) is 13.2 Å². The lowest BCUT2D eigenvalue weighted by Gasteiger charge is -2.10. The molecule has 0 saturated heterocycles. The van der Waals surface area contributed by atoms with E-state index >= 15 is 0 Å². The number of benzene rings is 2. The molecule has 1 aromatic heterocycles. The Balaban J connectivity index is 1.53. The molecule has 1 amide bonds. The smallest absolute Gasteiger partial charge is 0.457 e. The Bertz CT molecular complexity index is 954. The molecule has 0 fully saturated rings. The van der Waals surface area contributed by atoms with Crippen molar-refractivity contribution in [1.82, 2.24) is 10.3 Å². The van der Waals surface area contributed by atoms with Crippen molar-refractivity contribution in [3.63, 3.8) is 0 Å². The zero-order chi connectivity index (χ0) is 20.9. The second-order valence-electron chi connectivity index (χ2n) is 6.14. The number of rotatable bonds is 6. The summed E-state index contributed by atoms with van der Waals surface area (Å²) in [5, 5.41) is 2.80. The maximum atomic E-state index is 12.2. The van der Waals surface area contributed by atoms with Gasteiger partial charge in [-0.1, -0.05) is 12.1 Å². The zero-order valence-corrected chi connectivity index (χ0v) is 15.4. The Morgan fingerprint density at radius 3 is 2.07 bits per heavy atom. The molecule has 0 aliphatic heterocycles. The first-order chi connectivity index (χ1) is 13.8. The number of hydrogen-bond acceptors (Lipinski definition) is 4. The van der Waals surface area contributed by atoms with Gasteiger partial charge in [0, 0.05) is 18.4 Å². The number of hydrogen-bond donors (Lipinski definition) is 1. The minimum atomic E-state index is -4.73. The zero-order valence-electron chi connectivity index (χ0n) is 15.4. The molecule has 3 rings (SSSR count). The predicted molar refractivity (Wildman–Crippen MR) is 99.8 cm³/mol. The van der Waals surface area contributed by atoms with Crippen LogP contribution in [0, 0.1) is 6.92 Å². The van der Waals surface area contributed by atoms with Crippen LogP contribution in [-0.2, 0) is 6.54 Å². The molecule has 29 heavy (non-hydrogen) atoms. The van der Waals surface area contributed by atoms with E-state index in [0.29, 0.717) is 23.6 Å². The first kappa shape index (κ1) is 20.2. The number of aryl methyl sites for hydroxylation is 1. The first-order valence-electron chi connectivity index (χ1n) is 8.62. The van der Waals surface area contributed by atoms with Crippen LogP contribution in [0.4, 0.5) is 13.2 Å². The van der Waals surface area contributed by atoms with Gasteiger partial charge in [-0.3, -0.25) is 9.78 Å². The van der Waals surface area contributed by atoms with Crippen LogP contribution in [0.1, 0.15) is 21.6 Å². The van der Waals surface area contributed by atoms with Crippen LogP contribution in [-0.4, -0.2) is 17.3 Å². The van der Waals surface area contributed by atoms with Gasteiger partial charge in [0.2, 0.25) is 0 Å². The van der Waals surface area contributed by atoms with E-state index in [1.165, 1.54) is 30.5 Å². The molecule has 0 atom stereocenters. The van der Waals surface area contributed by atoms with E-state index in [1.807, 2.05) is 6.92 Å². The summed E-state index contributed by atoms with van der Waals surface area (Å²) < 4.78 is 45.9. The van der Waals surface area contributed by atoms with E-state index < -0.39 is 6.36 Å². The summed E-state index contributed by atoms with van der Waals surface area (Å²) in [6.07, 6.45) is -3.21. The molecular weight excluding hydrogens is 385 g/mol. The fourth-order valence-electron chi connectivity index (χ4n) is 2.41. The number of pyridine rings is 1. The van der Waals surface area contributed by atoms with E-state index in [4.69, 9.17) is 4.74 Å². The highest BCUT2D eigenvalue weighted by Crippen LogP contribution is 2.27. The number of nitrogens with one attached hydrogen (secondary N) is 1. The summed E-state index contributed by atoms with van der Waals surface area (Å²) in [5.74, 6) is 0.332. The number of nitrogens with zero attached hydrogens (tertiary/aromatic N) is 1. The lowest BCUT2D eigenvalue weighted by molar-refractivity contribution is -0.274. The molecule has 0 aliphatic carbocycles. The third-order valence-electron chi connectivity index (χ3n) is 3.84. The first-order valence-corrected chi connectivity index (χ1v) is 8.62. The van der Waals surface area contributed by atoms with Gasteiger partial charge >= 0.3 is 6.36 Å². The quantitative estimate of drug-likeness (QED) is 0.630. The monoisotopic (exact) mass is 402 g/mol. The van der Waals surface area contributed by atoms with Crippen LogP contribution in [0.15, 0.2) is 66.9 Å². The highest BCUT2D eigenvalue weighted by atomic mass is 19.4. The lowest BCUT2D eigenvalue weighted by Crippen LogP contribution is -2.22. The van der Waals surface area contributed by atoms with Crippen molar-refractivity contribution >= 4 is 5.91 Å². The third-order valence-corrected chi connectivity index (χ3v) is 3.84. The van der Waals surface area contributed by atoms with E-state index in [1.54, 1.807) is 36.4 Å². The number of carbonyl (C=O) groups excluding carboxylic acids is 1. The van der Waals surface area contributed by atoms with Gasteiger partial charge in [-0.05, 0) is 61.0 Å². The van der Waals surface area contributed by atoms with Gasteiger partial charge in [0.25, 0.3) is 5.91 Å². The van der Waals surface area contributed by atoms with Crippen molar-refractivity contribution < 1.29 is 27.4 Å². The summed E-state index contributed by atoms with van der Waals surface area (Å²) in [4.78, 5) is 16.2. The third kappa shape index (κ3) is 6.24. The van der Waals surface area contributed by atoms with Crippen LogP contribution >= 0.6 is 0 Å². The fourth-order valence-corrected chi connectivity index (χ4v) is 2.41. The summed E-state index contributed by atoms with van der Waals surface area (Å²) >= 11 is 0. The van der Waals surface area contributed by atoms with Crippen molar-refractivity contribution in [2.45, 2.75) is 19.8 Å². The normalized spacial score (nSPS) is 11.0. The topological polar surface area (TPSA) is 60.5 Å². The molecule has 3 aromatic rings. The van der Waals surface area contributed by atoms with E-state index in [9.17, 15) is 18.0 Å². The van der Waals surface area contributed by atoms with Crippen molar-refractivity contribution in [1.29, 1.82) is 0 Å². The van der Waals surface area contributed by atoms with Gasteiger partial charge in [0.15, 0.2) is 0 Å². The Kier molecular flexibility index (Phi) is 6.01. The molecule has 1 N–H and O–H groups in total. The number of amides is 1.